The molecule has 10 nitrogen and oxygen atoms in total. The lowest BCUT2D eigenvalue weighted by atomic mass is 9.96. The lowest BCUT2D eigenvalue weighted by Crippen LogP contribution is -2.65. The molecule has 71 heavy (non-hydrogen) atoms. The minimum atomic E-state index is -1.15. The second kappa shape index (κ2) is 26.8. The van der Waals surface area contributed by atoms with E-state index in [0.717, 1.165) is 38.3 Å². The van der Waals surface area contributed by atoms with E-state index < -0.39 is 60.6 Å². The standard InChI is InChI=1S/C60H62O10S/c61-53-56(65-39-47-28-14-4-15-29-47)55(52(43-63-37-45-24-10-2-11-25-45)69-60(53)71-50-34-20-7-21-35-50)70-59-58(67-41-49-32-18-6-19-33-49)57(66-40-48-30-16-5-17-31-48)54(64-38-46-26-12-3-13-27-46)51(68-59)42-62-36-44-22-8-1-9-23-44/h1-35,51-61H,36-43H2/t51-,52-,53-,54-,55-,56-,57+,58-,59+,60+/m1/s1. The van der Waals surface area contributed by atoms with Gasteiger partial charge in [0.2, 0.25) is 0 Å². The van der Waals surface area contributed by atoms with Crippen molar-refractivity contribution in [2.45, 2.75) is 105 Å². The fourth-order valence-electron chi connectivity index (χ4n) is 8.76. The summed E-state index contributed by atoms with van der Waals surface area (Å²) in [7, 11) is 0. The van der Waals surface area contributed by atoms with Crippen LogP contribution in [0.15, 0.2) is 217 Å². The van der Waals surface area contributed by atoms with Crippen molar-refractivity contribution in [1.82, 2.24) is 0 Å². The van der Waals surface area contributed by atoms with Gasteiger partial charge in [0.25, 0.3) is 0 Å². The SMILES string of the molecule is O[C@@H]1[C@@H](OCc2ccccc2)[C@H](O[C@@H]2O[C@H](COCc3ccccc3)[C@@H](OCc3ccccc3)[C@H](OCc3ccccc3)[C@H]2OCc2ccccc2)[C@@H](COCc2ccccc2)O[C@H]1Sc1ccccc1. The van der Waals surface area contributed by atoms with E-state index in [4.69, 9.17) is 42.6 Å². The minimum absolute atomic E-state index is 0.117. The van der Waals surface area contributed by atoms with Crippen LogP contribution in [0.1, 0.15) is 33.4 Å². The molecule has 7 aromatic rings. The summed E-state index contributed by atoms with van der Waals surface area (Å²) in [6.45, 7) is 1.91. The molecule has 7 aromatic carbocycles. The molecule has 2 aliphatic rings. The average molecular weight is 975 g/mol. The van der Waals surface area contributed by atoms with Crippen molar-refractivity contribution < 1.29 is 47.7 Å². The van der Waals surface area contributed by atoms with E-state index in [1.165, 1.54) is 11.8 Å². The van der Waals surface area contributed by atoms with Gasteiger partial charge in [-0.1, -0.05) is 212 Å². The molecule has 2 fully saturated rings. The molecule has 0 unspecified atom stereocenters. The fourth-order valence-corrected chi connectivity index (χ4v) is 9.83. The number of ether oxygens (including phenoxy) is 9. The lowest BCUT2D eigenvalue weighted by Gasteiger charge is -2.49. The number of aliphatic hydroxyl groups excluding tert-OH is 1. The maximum Gasteiger partial charge on any atom is 0.187 e. The van der Waals surface area contributed by atoms with E-state index in [1.54, 1.807) is 0 Å². The molecule has 2 aliphatic heterocycles. The Morgan fingerprint density at radius 2 is 0.690 bits per heavy atom. The molecular formula is C60H62O10S. The first-order valence-electron chi connectivity index (χ1n) is 24.3. The second-order valence-electron chi connectivity index (χ2n) is 17.7. The first-order chi connectivity index (χ1) is 35.1. The van der Waals surface area contributed by atoms with Crippen molar-refractivity contribution in [2.75, 3.05) is 13.2 Å². The Morgan fingerprint density at radius 3 is 1.11 bits per heavy atom. The summed E-state index contributed by atoms with van der Waals surface area (Å²) in [5.74, 6) is 0. The summed E-state index contributed by atoms with van der Waals surface area (Å²) in [5, 5.41) is 12.5. The molecule has 0 aliphatic carbocycles. The Kier molecular flexibility index (Phi) is 19.0. The van der Waals surface area contributed by atoms with E-state index in [1.807, 2.05) is 212 Å². The summed E-state index contributed by atoms with van der Waals surface area (Å²) >= 11 is 1.43. The van der Waals surface area contributed by atoms with Gasteiger partial charge in [-0.05, 0) is 45.5 Å². The Bertz CT molecular complexity index is 2530. The highest BCUT2D eigenvalue weighted by Gasteiger charge is 2.54. The monoisotopic (exact) mass is 974 g/mol. The maximum atomic E-state index is 12.5. The third-order valence-corrected chi connectivity index (χ3v) is 13.6. The summed E-state index contributed by atoms with van der Waals surface area (Å²) < 4.78 is 62.3. The van der Waals surface area contributed by atoms with Crippen LogP contribution in [0.3, 0.4) is 0 Å². The molecule has 9 rings (SSSR count). The number of hydrogen-bond donors (Lipinski definition) is 1. The molecule has 10 atom stereocenters. The number of benzene rings is 7. The molecule has 0 spiro atoms. The van der Waals surface area contributed by atoms with Crippen molar-refractivity contribution >= 4 is 11.8 Å². The molecule has 1 N–H and O–H groups in total. The molecular weight excluding hydrogens is 913 g/mol. The molecule has 0 saturated carbocycles. The molecule has 11 heteroatoms. The average Bonchev–Trinajstić information content (AvgIpc) is 3.42. The van der Waals surface area contributed by atoms with Gasteiger partial charge in [-0.25, -0.2) is 0 Å². The number of thioether (sulfide) groups is 1. The predicted octanol–water partition coefficient (Wildman–Crippen LogP) is 10.7. The van der Waals surface area contributed by atoms with Gasteiger partial charge >= 0.3 is 0 Å². The molecule has 2 heterocycles. The van der Waals surface area contributed by atoms with Gasteiger partial charge in [0.05, 0.1) is 52.9 Å². The van der Waals surface area contributed by atoms with Gasteiger partial charge in [0.1, 0.15) is 54.3 Å². The van der Waals surface area contributed by atoms with Gasteiger partial charge < -0.3 is 47.7 Å². The Hall–Kier alpha value is -5.51. The maximum absolute atomic E-state index is 12.5. The lowest BCUT2D eigenvalue weighted by molar-refractivity contribution is -0.358. The van der Waals surface area contributed by atoms with Crippen LogP contribution in [0.2, 0.25) is 0 Å². The van der Waals surface area contributed by atoms with E-state index in [2.05, 4.69) is 0 Å². The first-order valence-corrected chi connectivity index (χ1v) is 25.2. The first kappa shape index (κ1) is 50.4. The third-order valence-electron chi connectivity index (χ3n) is 12.4. The zero-order valence-corrected chi connectivity index (χ0v) is 40.5. The van der Waals surface area contributed by atoms with Crippen LogP contribution >= 0.6 is 11.8 Å². The van der Waals surface area contributed by atoms with Crippen molar-refractivity contribution in [3.05, 3.63) is 246 Å². The van der Waals surface area contributed by atoms with E-state index in [-0.39, 0.29) is 39.6 Å². The molecule has 0 amide bonds. The van der Waals surface area contributed by atoms with Crippen molar-refractivity contribution in [2.24, 2.45) is 0 Å². The van der Waals surface area contributed by atoms with Crippen LogP contribution in [0.5, 0.6) is 0 Å². The topological polar surface area (TPSA) is 103 Å². The molecule has 0 aromatic heterocycles. The normalized spacial score (nSPS) is 24.4. The summed E-state index contributed by atoms with van der Waals surface area (Å²) in [6.07, 6.45) is -7.89. The Balaban J connectivity index is 1.09. The Morgan fingerprint density at radius 1 is 0.352 bits per heavy atom. The van der Waals surface area contributed by atoms with Crippen LogP contribution in [0.25, 0.3) is 0 Å². The van der Waals surface area contributed by atoms with Gasteiger partial charge in [-0.15, -0.1) is 0 Å². The molecule has 0 radical (unpaired) electrons. The van der Waals surface area contributed by atoms with E-state index in [0.29, 0.717) is 13.2 Å². The summed E-state index contributed by atoms with van der Waals surface area (Å²) in [4.78, 5) is 0.935. The van der Waals surface area contributed by atoms with Gasteiger partial charge in [-0.2, -0.15) is 0 Å². The van der Waals surface area contributed by atoms with E-state index in [9.17, 15) is 5.11 Å². The largest absolute Gasteiger partial charge is 0.387 e. The number of rotatable bonds is 24. The summed E-state index contributed by atoms with van der Waals surface area (Å²) in [6, 6.07) is 69.9. The zero-order chi connectivity index (χ0) is 48.3. The van der Waals surface area contributed by atoms with Crippen molar-refractivity contribution in [3.8, 4) is 0 Å². The minimum Gasteiger partial charge on any atom is -0.387 e. The van der Waals surface area contributed by atoms with Gasteiger partial charge in [0.15, 0.2) is 6.29 Å². The fraction of sp³-hybridized carbons (Fsp3) is 0.300. The molecule has 368 valence electrons. The van der Waals surface area contributed by atoms with Gasteiger partial charge in [-0.3, -0.25) is 0 Å². The smallest absolute Gasteiger partial charge is 0.187 e. The number of aliphatic hydroxyl groups is 1. The van der Waals surface area contributed by atoms with Crippen molar-refractivity contribution in [1.29, 1.82) is 0 Å². The van der Waals surface area contributed by atoms with Crippen LogP contribution in [0, 0.1) is 0 Å². The van der Waals surface area contributed by atoms with Crippen LogP contribution in [0.4, 0.5) is 0 Å². The Labute approximate surface area is 421 Å². The van der Waals surface area contributed by atoms with Crippen LogP contribution < -0.4 is 0 Å². The third kappa shape index (κ3) is 14.8. The molecule has 2 saturated heterocycles. The van der Waals surface area contributed by atoms with Crippen LogP contribution in [-0.2, 0) is 82.3 Å². The van der Waals surface area contributed by atoms with Crippen molar-refractivity contribution in [3.63, 3.8) is 0 Å². The quantitative estimate of drug-likeness (QED) is 0.0626. The highest BCUT2D eigenvalue weighted by Crippen LogP contribution is 2.39. The zero-order valence-electron chi connectivity index (χ0n) is 39.7. The van der Waals surface area contributed by atoms with E-state index >= 15 is 0 Å². The predicted molar refractivity (Wildman–Crippen MR) is 273 cm³/mol. The number of hydrogen-bond acceptors (Lipinski definition) is 11. The highest BCUT2D eigenvalue weighted by atomic mass is 32.2. The highest BCUT2D eigenvalue weighted by molar-refractivity contribution is 7.99. The summed E-state index contributed by atoms with van der Waals surface area (Å²) in [5.41, 5.74) is 5.16. The van der Waals surface area contributed by atoms with Gasteiger partial charge in [0, 0.05) is 4.90 Å². The van der Waals surface area contributed by atoms with Crippen LogP contribution in [-0.4, -0.2) is 78.9 Å². The second-order valence-corrected chi connectivity index (χ2v) is 18.8. The molecule has 0 bridgehead atoms.